The first-order valence-electron chi connectivity index (χ1n) is 9.77. The van der Waals surface area contributed by atoms with Crippen molar-refractivity contribution in [2.45, 2.75) is 70.8 Å². The van der Waals surface area contributed by atoms with Gasteiger partial charge in [0.25, 0.3) is 0 Å². The minimum Gasteiger partial charge on any atom is -0.377 e. The third-order valence-corrected chi connectivity index (χ3v) is 9.04. The van der Waals surface area contributed by atoms with E-state index in [2.05, 4.69) is 12.8 Å². The Morgan fingerprint density at radius 2 is 1.91 bits per heavy atom. The molecule has 4 saturated carbocycles. The molecule has 2 bridgehead atoms. The molecule has 0 aromatic heterocycles. The van der Waals surface area contributed by atoms with Gasteiger partial charge in [0.1, 0.15) is 0 Å². The molecular weight excluding hydrogens is 268 g/mol. The van der Waals surface area contributed by atoms with E-state index < -0.39 is 0 Å². The molecule has 0 amide bonds. The molecule has 5 rings (SSSR count). The van der Waals surface area contributed by atoms with Crippen molar-refractivity contribution in [2.75, 3.05) is 6.61 Å². The minimum atomic E-state index is 0.438. The van der Waals surface area contributed by atoms with E-state index in [0.29, 0.717) is 22.9 Å². The lowest BCUT2D eigenvalue weighted by Gasteiger charge is -2.58. The van der Waals surface area contributed by atoms with Gasteiger partial charge in [-0.05, 0) is 74.0 Å². The van der Waals surface area contributed by atoms with Crippen molar-refractivity contribution in [3.63, 3.8) is 0 Å². The standard InChI is InChI=1S/C21H30O/c1-3-14-7-8-16-15-12-19-18-6-4-5-10-21(18,13-22-19)17(15)9-11-20(14,16)2/h1,14-19H,4-13H2,2H3/t14-,15+,16+,17+,18?,19-,20-,21+/m1/s1. The summed E-state index contributed by atoms with van der Waals surface area (Å²) < 4.78 is 6.40. The van der Waals surface area contributed by atoms with E-state index in [9.17, 15) is 0 Å². The summed E-state index contributed by atoms with van der Waals surface area (Å²) in [4.78, 5) is 0. The van der Waals surface area contributed by atoms with Crippen LogP contribution in [0.25, 0.3) is 0 Å². The zero-order valence-corrected chi connectivity index (χ0v) is 14.0. The summed E-state index contributed by atoms with van der Waals surface area (Å²) in [5.74, 6) is 7.35. The topological polar surface area (TPSA) is 9.23 Å². The molecule has 1 saturated heterocycles. The summed E-state index contributed by atoms with van der Waals surface area (Å²) in [7, 11) is 0. The molecule has 1 heteroatoms. The number of hydrogen-bond donors (Lipinski definition) is 0. The van der Waals surface area contributed by atoms with Crippen LogP contribution in [0.4, 0.5) is 0 Å². The van der Waals surface area contributed by atoms with Crippen molar-refractivity contribution >= 4 is 0 Å². The van der Waals surface area contributed by atoms with Gasteiger partial charge in [0, 0.05) is 11.3 Å². The van der Waals surface area contributed by atoms with Crippen molar-refractivity contribution in [2.24, 2.45) is 40.4 Å². The van der Waals surface area contributed by atoms with Gasteiger partial charge in [0.2, 0.25) is 0 Å². The van der Waals surface area contributed by atoms with Crippen LogP contribution in [-0.4, -0.2) is 12.7 Å². The molecule has 0 radical (unpaired) electrons. The second kappa shape index (κ2) is 4.54. The molecule has 1 heterocycles. The fourth-order valence-corrected chi connectivity index (χ4v) is 8.08. The van der Waals surface area contributed by atoms with E-state index >= 15 is 0 Å². The predicted molar refractivity (Wildman–Crippen MR) is 88.1 cm³/mol. The van der Waals surface area contributed by atoms with Crippen molar-refractivity contribution < 1.29 is 4.74 Å². The zero-order chi connectivity index (χ0) is 14.9. The summed E-state index contributed by atoms with van der Waals surface area (Å²) in [5.41, 5.74) is 1.01. The Labute approximate surface area is 135 Å². The second-order valence-electron chi connectivity index (χ2n) is 9.39. The Bertz CT molecular complexity index is 514. The molecule has 1 unspecified atom stereocenters. The normalized spacial score (nSPS) is 59.3. The Hall–Kier alpha value is -0.480. The number of hydrogen-bond acceptors (Lipinski definition) is 1. The van der Waals surface area contributed by atoms with Crippen LogP contribution >= 0.6 is 0 Å². The van der Waals surface area contributed by atoms with Gasteiger partial charge in [0.15, 0.2) is 0 Å². The minimum absolute atomic E-state index is 0.438. The SMILES string of the molecule is C#C[C@@H]1CC[C@H]2[C@@H]3C[C@H]4OC[C@@]5(CCCCC45)[C@H]3CC[C@]12C. The van der Waals surface area contributed by atoms with Gasteiger partial charge < -0.3 is 4.74 Å². The highest BCUT2D eigenvalue weighted by Gasteiger charge is 2.65. The van der Waals surface area contributed by atoms with E-state index in [1.54, 1.807) is 0 Å². The first kappa shape index (κ1) is 13.9. The fraction of sp³-hybridized carbons (Fsp3) is 0.905. The van der Waals surface area contributed by atoms with Crippen LogP contribution in [0.3, 0.4) is 0 Å². The Morgan fingerprint density at radius 1 is 1.00 bits per heavy atom. The number of ether oxygens (including phenoxy) is 1. The molecule has 120 valence electrons. The van der Waals surface area contributed by atoms with Gasteiger partial charge in [-0.2, -0.15) is 0 Å². The molecule has 0 aromatic rings. The quantitative estimate of drug-likeness (QED) is 0.591. The molecule has 8 atom stereocenters. The highest BCUT2D eigenvalue weighted by molar-refractivity contribution is 5.17. The smallest absolute Gasteiger partial charge is 0.0612 e. The molecule has 4 aliphatic carbocycles. The van der Waals surface area contributed by atoms with Gasteiger partial charge in [-0.25, -0.2) is 0 Å². The van der Waals surface area contributed by atoms with Crippen molar-refractivity contribution in [3.05, 3.63) is 0 Å². The molecule has 22 heavy (non-hydrogen) atoms. The number of fused-ring (bicyclic) bond motifs is 3. The van der Waals surface area contributed by atoms with E-state index in [0.717, 1.165) is 30.3 Å². The van der Waals surface area contributed by atoms with E-state index in [1.165, 1.54) is 57.8 Å². The molecule has 1 nitrogen and oxygen atoms in total. The van der Waals surface area contributed by atoms with Gasteiger partial charge in [0.05, 0.1) is 12.7 Å². The summed E-state index contributed by atoms with van der Waals surface area (Å²) in [6.45, 7) is 3.62. The first-order valence-corrected chi connectivity index (χ1v) is 9.77. The Kier molecular flexibility index (Phi) is 2.87. The van der Waals surface area contributed by atoms with Gasteiger partial charge in [-0.15, -0.1) is 12.3 Å². The summed E-state index contributed by atoms with van der Waals surface area (Å²) >= 11 is 0. The van der Waals surface area contributed by atoms with Gasteiger partial charge >= 0.3 is 0 Å². The predicted octanol–water partition coefficient (Wildman–Crippen LogP) is 4.66. The second-order valence-corrected chi connectivity index (χ2v) is 9.39. The summed E-state index contributed by atoms with van der Waals surface area (Å²) in [6.07, 6.45) is 19.1. The van der Waals surface area contributed by atoms with E-state index in [4.69, 9.17) is 11.2 Å². The largest absolute Gasteiger partial charge is 0.377 e. The van der Waals surface area contributed by atoms with Crippen molar-refractivity contribution in [1.29, 1.82) is 0 Å². The molecular formula is C21H30O. The molecule has 5 fully saturated rings. The lowest BCUT2D eigenvalue weighted by molar-refractivity contribution is -0.0972. The monoisotopic (exact) mass is 298 g/mol. The third-order valence-electron chi connectivity index (χ3n) is 9.04. The Morgan fingerprint density at radius 3 is 2.77 bits per heavy atom. The Balaban J connectivity index is 1.52. The highest BCUT2D eigenvalue weighted by atomic mass is 16.5. The average molecular weight is 298 g/mol. The summed E-state index contributed by atoms with van der Waals surface area (Å²) in [6, 6.07) is 0. The number of rotatable bonds is 0. The molecule has 5 aliphatic rings. The van der Waals surface area contributed by atoms with Crippen LogP contribution in [-0.2, 0) is 4.74 Å². The molecule has 0 spiro atoms. The van der Waals surface area contributed by atoms with Crippen LogP contribution in [0.1, 0.15) is 64.7 Å². The van der Waals surface area contributed by atoms with Crippen LogP contribution < -0.4 is 0 Å². The lowest BCUT2D eigenvalue weighted by Crippen LogP contribution is -2.55. The first-order chi connectivity index (χ1) is 10.7. The van der Waals surface area contributed by atoms with Crippen molar-refractivity contribution in [1.82, 2.24) is 0 Å². The van der Waals surface area contributed by atoms with Crippen molar-refractivity contribution in [3.8, 4) is 12.3 Å². The maximum absolute atomic E-state index is 6.40. The number of terminal acetylenes is 1. The van der Waals surface area contributed by atoms with Crippen LogP contribution in [0.2, 0.25) is 0 Å². The maximum Gasteiger partial charge on any atom is 0.0612 e. The molecule has 0 N–H and O–H groups in total. The van der Waals surface area contributed by atoms with Gasteiger partial charge in [-0.3, -0.25) is 0 Å². The average Bonchev–Trinajstić information content (AvgIpc) is 3.02. The van der Waals surface area contributed by atoms with Crippen LogP contribution in [0, 0.1) is 52.8 Å². The van der Waals surface area contributed by atoms with E-state index in [-0.39, 0.29) is 0 Å². The fourth-order valence-electron chi connectivity index (χ4n) is 8.08. The van der Waals surface area contributed by atoms with E-state index in [1.807, 2.05) is 0 Å². The summed E-state index contributed by atoms with van der Waals surface area (Å²) in [5, 5.41) is 0. The van der Waals surface area contributed by atoms with Gasteiger partial charge in [-0.1, -0.05) is 19.8 Å². The maximum atomic E-state index is 6.40. The molecule has 1 aliphatic heterocycles. The van der Waals surface area contributed by atoms with Crippen LogP contribution in [0.15, 0.2) is 0 Å². The zero-order valence-electron chi connectivity index (χ0n) is 14.0. The third kappa shape index (κ3) is 1.51. The van der Waals surface area contributed by atoms with Crippen LogP contribution in [0.5, 0.6) is 0 Å². The lowest BCUT2D eigenvalue weighted by atomic mass is 9.45. The molecule has 0 aromatic carbocycles. The highest BCUT2D eigenvalue weighted by Crippen LogP contribution is 2.69.